The van der Waals surface area contributed by atoms with Crippen molar-refractivity contribution >= 4 is 22.2 Å². The molecule has 0 saturated heterocycles. The van der Waals surface area contributed by atoms with E-state index in [1.807, 2.05) is 12.1 Å². The predicted molar refractivity (Wildman–Crippen MR) is 60.2 cm³/mol. The van der Waals surface area contributed by atoms with Crippen molar-refractivity contribution in [3.8, 4) is 17.1 Å². The Morgan fingerprint density at radius 1 is 1.33 bits per heavy atom. The van der Waals surface area contributed by atoms with Crippen LogP contribution in [-0.2, 0) is 0 Å². The zero-order valence-electron chi connectivity index (χ0n) is 8.00. The molecular weight excluding hydrogens is 260 g/mol. The van der Waals surface area contributed by atoms with Gasteiger partial charge < -0.3 is 14.7 Å². The van der Waals surface area contributed by atoms with Crippen LogP contribution in [0.15, 0.2) is 22.8 Å². The van der Waals surface area contributed by atoms with Gasteiger partial charge in [-0.3, -0.25) is 4.79 Å². The highest BCUT2D eigenvalue weighted by molar-refractivity contribution is 9.10. The zero-order valence-corrected chi connectivity index (χ0v) is 9.59. The number of hydrogen-bond acceptors (Lipinski definition) is 2. The summed E-state index contributed by atoms with van der Waals surface area (Å²) in [5.41, 5.74) is 2.16. The molecule has 0 saturated carbocycles. The number of methoxy groups -OCH3 is 1. The van der Waals surface area contributed by atoms with Gasteiger partial charge in [0.05, 0.1) is 23.1 Å². The molecule has 0 spiro atoms. The van der Waals surface area contributed by atoms with Crippen LogP contribution in [-0.4, -0.2) is 23.4 Å². The van der Waals surface area contributed by atoms with Gasteiger partial charge in [0.15, 0.2) is 6.29 Å². The van der Waals surface area contributed by atoms with E-state index in [9.17, 15) is 4.79 Å². The van der Waals surface area contributed by atoms with Gasteiger partial charge >= 0.3 is 0 Å². The Balaban J connectivity index is 2.45. The molecular formula is C10H9BrN2O2. The maximum atomic E-state index is 10.7. The van der Waals surface area contributed by atoms with E-state index >= 15 is 0 Å². The minimum atomic E-state index is 0.443. The molecule has 78 valence electrons. The first kappa shape index (κ1) is 10.0. The second-order valence-electron chi connectivity index (χ2n) is 3.00. The van der Waals surface area contributed by atoms with Gasteiger partial charge in [0.25, 0.3) is 0 Å². The molecule has 0 unspecified atom stereocenters. The molecule has 0 radical (unpaired) electrons. The van der Waals surface area contributed by atoms with Gasteiger partial charge in [0.2, 0.25) is 0 Å². The predicted octanol–water partition coefficient (Wildman–Crippen LogP) is 2.59. The summed E-state index contributed by atoms with van der Waals surface area (Å²) in [7, 11) is 1.53. The monoisotopic (exact) mass is 268 g/mol. The quantitative estimate of drug-likeness (QED) is 0.841. The van der Waals surface area contributed by atoms with Crippen molar-refractivity contribution in [3.05, 3.63) is 28.5 Å². The number of carbonyl (C=O) groups excluding carboxylic acids is 1. The fourth-order valence-corrected chi connectivity index (χ4v) is 1.72. The van der Waals surface area contributed by atoms with Crippen LogP contribution in [0.1, 0.15) is 10.5 Å². The summed E-state index contributed by atoms with van der Waals surface area (Å²) < 4.78 is 5.94. The number of aldehydes is 1. The topological polar surface area (TPSA) is 57.9 Å². The van der Waals surface area contributed by atoms with Crippen LogP contribution >= 0.6 is 15.9 Å². The van der Waals surface area contributed by atoms with Crippen LogP contribution in [0, 0.1) is 0 Å². The van der Waals surface area contributed by atoms with E-state index in [0.29, 0.717) is 11.4 Å². The zero-order chi connectivity index (χ0) is 10.8. The average Bonchev–Trinajstić information content (AvgIpc) is 2.82. The lowest BCUT2D eigenvalue weighted by molar-refractivity contribution is 0.111. The first-order chi connectivity index (χ1) is 7.24. The van der Waals surface area contributed by atoms with Gasteiger partial charge in [-0.1, -0.05) is 0 Å². The molecule has 0 aliphatic heterocycles. The number of rotatable bonds is 3. The number of hydrogen-bond donors (Lipinski definition) is 2. The van der Waals surface area contributed by atoms with Crippen LogP contribution in [0.2, 0.25) is 0 Å². The van der Waals surface area contributed by atoms with Crippen LogP contribution in [0.3, 0.4) is 0 Å². The molecule has 2 heterocycles. The number of ether oxygens (including phenoxy) is 1. The van der Waals surface area contributed by atoms with E-state index in [0.717, 1.165) is 22.3 Å². The van der Waals surface area contributed by atoms with Crippen molar-refractivity contribution in [3.63, 3.8) is 0 Å². The Morgan fingerprint density at radius 2 is 2.13 bits per heavy atom. The van der Waals surface area contributed by atoms with Gasteiger partial charge in [-0.25, -0.2) is 0 Å². The summed E-state index contributed by atoms with van der Waals surface area (Å²) in [6.45, 7) is 0. The molecule has 2 aromatic rings. The molecule has 0 atom stereocenters. The van der Waals surface area contributed by atoms with Gasteiger partial charge in [0, 0.05) is 6.07 Å². The first-order valence-electron chi connectivity index (χ1n) is 4.31. The van der Waals surface area contributed by atoms with E-state index in [4.69, 9.17) is 4.74 Å². The molecule has 0 aromatic carbocycles. The van der Waals surface area contributed by atoms with Crippen LogP contribution in [0.5, 0.6) is 5.75 Å². The maximum absolute atomic E-state index is 10.7. The van der Waals surface area contributed by atoms with E-state index < -0.39 is 0 Å². The lowest BCUT2D eigenvalue weighted by Gasteiger charge is -1.92. The van der Waals surface area contributed by atoms with Crippen molar-refractivity contribution in [2.24, 2.45) is 0 Å². The Labute approximate surface area is 94.8 Å². The number of aromatic amines is 2. The van der Waals surface area contributed by atoms with Crippen molar-refractivity contribution in [1.82, 2.24) is 9.97 Å². The van der Waals surface area contributed by atoms with E-state index in [-0.39, 0.29) is 0 Å². The highest BCUT2D eigenvalue weighted by atomic mass is 79.9. The highest BCUT2D eigenvalue weighted by Gasteiger charge is 2.09. The maximum Gasteiger partial charge on any atom is 0.170 e. The highest BCUT2D eigenvalue weighted by Crippen LogP contribution is 2.26. The van der Waals surface area contributed by atoms with Crippen molar-refractivity contribution < 1.29 is 9.53 Å². The SMILES string of the molecule is COc1cc(-c2ccc(Br)[nH]2)[nH]c1C=O. The Bertz CT molecular complexity index is 487. The van der Waals surface area contributed by atoms with Gasteiger partial charge in [-0.05, 0) is 28.1 Å². The van der Waals surface area contributed by atoms with Crippen molar-refractivity contribution in [2.75, 3.05) is 7.11 Å². The minimum absolute atomic E-state index is 0.443. The fraction of sp³-hybridized carbons (Fsp3) is 0.100. The smallest absolute Gasteiger partial charge is 0.170 e. The molecule has 0 aliphatic rings. The van der Waals surface area contributed by atoms with E-state index in [1.54, 1.807) is 6.07 Å². The van der Waals surface area contributed by atoms with Gasteiger partial charge in [-0.2, -0.15) is 0 Å². The summed E-state index contributed by atoms with van der Waals surface area (Å²) in [6, 6.07) is 5.58. The standard InChI is InChI=1S/C10H9BrN2O2/c1-15-9-4-7(12-8(9)5-14)6-2-3-10(11)13-6/h2-5,12-13H,1H3. The van der Waals surface area contributed by atoms with Crippen LogP contribution < -0.4 is 4.74 Å². The third kappa shape index (κ3) is 1.83. The molecule has 0 amide bonds. The molecule has 0 aliphatic carbocycles. The fourth-order valence-electron chi connectivity index (χ4n) is 1.38. The van der Waals surface area contributed by atoms with Crippen molar-refractivity contribution in [1.29, 1.82) is 0 Å². The van der Waals surface area contributed by atoms with Gasteiger partial charge in [-0.15, -0.1) is 0 Å². The Hall–Kier alpha value is -1.49. The number of aromatic nitrogens is 2. The van der Waals surface area contributed by atoms with Crippen molar-refractivity contribution in [2.45, 2.75) is 0 Å². The molecule has 0 bridgehead atoms. The number of H-pyrrole nitrogens is 2. The molecule has 2 N–H and O–H groups in total. The average molecular weight is 269 g/mol. The normalized spacial score (nSPS) is 10.3. The molecule has 0 fully saturated rings. The molecule has 2 aromatic heterocycles. The molecule has 15 heavy (non-hydrogen) atoms. The number of halogens is 1. The van der Waals surface area contributed by atoms with Gasteiger partial charge in [0.1, 0.15) is 11.4 Å². The summed E-state index contributed by atoms with van der Waals surface area (Å²) in [4.78, 5) is 16.8. The molecule has 5 heteroatoms. The third-order valence-electron chi connectivity index (χ3n) is 2.09. The Morgan fingerprint density at radius 3 is 2.60 bits per heavy atom. The summed E-state index contributed by atoms with van der Waals surface area (Å²) in [5, 5.41) is 0. The van der Waals surface area contributed by atoms with E-state index in [1.165, 1.54) is 7.11 Å². The molecule has 4 nitrogen and oxygen atoms in total. The number of nitrogens with one attached hydrogen (secondary N) is 2. The summed E-state index contributed by atoms with van der Waals surface area (Å²) in [5.74, 6) is 0.547. The minimum Gasteiger partial charge on any atom is -0.494 e. The second-order valence-corrected chi connectivity index (χ2v) is 3.86. The van der Waals surface area contributed by atoms with Crippen LogP contribution in [0.25, 0.3) is 11.4 Å². The number of carbonyl (C=O) groups is 1. The largest absolute Gasteiger partial charge is 0.494 e. The third-order valence-corrected chi connectivity index (χ3v) is 2.55. The lowest BCUT2D eigenvalue weighted by Crippen LogP contribution is -1.86. The summed E-state index contributed by atoms with van der Waals surface area (Å²) >= 11 is 3.32. The lowest BCUT2D eigenvalue weighted by atomic mass is 10.3. The van der Waals surface area contributed by atoms with E-state index in [2.05, 4.69) is 25.9 Å². The molecule has 2 rings (SSSR count). The van der Waals surface area contributed by atoms with Crippen LogP contribution in [0.4, 0.5) is 0 Å². The first-order valence-corrected chi connectivity index (χ1v) is 5.11. The Kier molecular flexibility index (Phi) is 2.64. The summed E-state index contributed by atoms with van der Waals surface area (Å²) in [6.07, 6.45) is 0.736. The second kappa shape index (κ2) is 3.94.